The largest absolute Gasteiger partial charge is 0.508 e. The van der Waals surface area contributed by atoms with Crippen LogP contribution in [0, 0.1) is 0 Å². The predicted octanol–water partition coefficient (Wildman–Crippen LogP) is 7.12. The standard InChI is InChI=1S/C26H34BrNO5/c1-6-18(14-24(30)32-7-2)20-12-22(15-23(29)13-20)28-25(31)33-26(4,5)16-17(3)19-8-10-21(27)11-9-19/h8-13,15,17-18,29H,6-7,14,16H2,1-5H3,(H,28,31)/t17-,18?/m0/s1. The number of anilines is 1. The van der Waals surface area contributed by atoms with E-state index < -0.39 is 11.7 Å². The first-order valence-electron chi connectivity index (χ1n) is 11.3. The number of ether oxygens (including phenoxy) is 2. The van der Waals surface area contributed by atoms with Gasteiger partial charge in [0, 0.05) is 16.2 Å². The third kappa shape index (κ3) is 8.72. The molecule has 2 atom stereocenters. The Bertz CT molecular complexity index is 942. The summed E-state index contributed by atoms with van der Waals surface area (Å²) in [6, 6.07) is 12.9. The molecule has 0 spiro atoms. The maximum atomic E-state index is 12.6. The second kappa shape index (κ2) is 12.1. The van der Waals surface area contributed by atoms with Gasteiger partial charge in [-0.05, 0) is 80.8 Å². The maximum absolute atomic E-state index is 12.6. The van der Waals surface area contributed by atoms with E-state index in [4.69, 9.17) is 9.47 Å². The van der Waals surface area contributed by atoms with E-state index in [1.807, 2.05) is 32.9 Å². The van der Waals surface area contributed by atoms with Gasteiger partial charge in [0.2, 0.25) is 0 Å². The number of rotatable bonds is 10. The molecule has 2 aromatic carbocycles. The van der Waals surface area contributed by atoms with Crippen LogP contribution in [0.3, 0.4) is 0 Å². The summed E-state index contributed by atoms with van der Waals surface area (Å²) in [6.07, 6.45) is 0.939. The van der Waals surface area contributed by atoms with Crippen LogP contribution >= 0.6 is 15.9 Å². The zero-order valence-corrected chi connectivity index (χ0v) is 21.6. The van der Waals surface area contributed by atoms with Gasteiger partial charge in [0.05, 0.1) is 13.0 Å². The molecule has 6 nitrogen and oxygen atoms in total. The van der Waals surface area contributed by atoms with Crippen LogP contribution in [0.1, 0.15) is 76.8 Å². The summed E-state index contributed by atoms with van der Waals surface area (Å²) in [5, 5.41) is 12.9. The smallest absolute Gasteiger partial charge is 0.412 e. The number of aromatic hydroxyl groups is 1. The summed E-state index contributed by atoms with van der Waals surface area (Å²) in [5.41, 5.74) is 1.63. The van der Waals surface area contributed by atoms with Crippen molar-refractivity contribution in [2.45, 2.75) is 71.3 Å². The zero-order valence-electron chi connectivity index (χ0n) is 20.0. The minimum absolute atomic E-state index is 0.00762. The first-order valence-corrected chi connectivity index (χ1v) is 12.1. The van der Waals surface area contributed by atoms with E-state index in [0.29, 0.717) is 25.1 Å². The number of carbonyl (C=O) groups excluding carboxylic acids is 2. The molecule has 0 bridgehead atoms. The normalized spacial score (nSPS) is 13.2. The molecule has 0 saturated carbocycles. The summed E-state index contributed by atoms with van der Waals surface area (Å²) in [5.74, 6) is -0.214. The van der Waals surface area contributed by atoms with Crippen molar-refractivity contribution in [3.8, 4) is 5.75 Å². The molecule has 33 heavy (non-hydrogen) atoms. The Morgan fingerprint density at radius 2 is 1.76 bits per heavy atom. The quantitative estimate of drug-likeness (QED) is 0.326. The van der Waals surface area contributed by atoms with Gasteiger partial charge in [0.25, 0.3) is 0 Å². The highest BCUT2D eigenvalue weighted by atomic mass is 79.9. The van der Waals surface area contributed by atoms with Crippen molar-refractivity contribution >= 4 is 33.7 Å². The number of phenols is 1. The average molecular weight is 520 g/mol. The minimum Gasteiger partial charge on any atom is -0.508 e. The summed E-state index contributed by atoms with van der Waals surface area (Å²) in [7, 11) is 0. The molecule has 0 aliphatic carbocycles. The molecule has 2 aromatic rings. The zero-order chi connectivity index (χ0) is 24.6. The fourth-order valence-electron chi connectivity index (χ4n) is 3.94. The van der Waals surface area contributed by atoms with Gasteiger partial charge in [-0.15, -0.1) is 0 Å². The maximum Gasteiger partial charge on any atom is 0.412 e. The molecule has 7 heteroatoms. The van der Waals surface area contributed by atoms with Gasteiger partial charge in [-0.2, -0.15) is 0 Å². The van der Waals surface area contributed by atoms with Gasteiger partial charge < -0.3 is 14.6 Å². The molecular formula is C26H34BrNO5. The number of nitrogens with one attached hydrogen (secondary N) is 1. The number of phenolic OH excluding ortho intramolecular Hbond substituents is 1. The Hall–Kier alpha value is -2.54. The van der Waals surface area contributed by atoms with Gasteiger partial charge in [-0.3, -0.25) is 10.1 Å². The monoisotopic (exact) mass is 519 g/mol. The van der Waals surface area contributed by atoms with Gasteiger partial charge in [-0.25, -0.2) is 4.79 Å². The van der Waals surface area contributed by atoms with Crippen LogP contribution in [-0.4, -0.2) is 29.4 Å². The number of esters is 1. The first-order chi connectivity index (χ1) is 15.5. The number of amides is 1. The van der Waals surface area contributed by atoms with Gasteiger partial charge in [-0.1, -0.05) is 41.9 Å². The molecule has 2 N–H and O–H groups in total. The Labute approximate surface area is 204 Å². The summed E-state index contributed by atoms with van der Waals surface area (Å²) in [6.45, 7) is 9.91. The summed E-state index contributed by atoms with van der Waals surface area (Å²) >= 11 is 3.44. The highest BCUT2D eigenvalue weighted by molar-refractivity contribution is 9.10. The topological polar surface area (TPSA) is 84.9 Å². The molecule has 0 aromatic heterocycles. The summed E-state index contributed by atoms with van der Waals surface area (Å²) < 4.78 is 11.8. The predicted molar refractivity (Wildman–Crippen MR) is 134 cm³/mol. The van der Waals surface area contributed by atoms with Crippen molar-refractivity contribution in [2.24, 2.45) is 0 Å². The van der Waals surface area contributed by atoms with Crippen molar-refractivity contribution in [1.29, 1.82) is 0 Å². The SMILES string of the molecule is CCOC(=O)CC(CC)c1cc(O)cc(NC(=O)OC(C)(C)C[C@H](C)c2ccc(Br)cc2)c1. The lowest BCUT2D eigenvalue weighted by Crippen LogP contribution is -2.32. The number of hydrogen-bond donors (Lipinski definition) is 2. The van der Waals surface area contributed by atoms with Crippen LogP contribution in [0.2, 0.25) is 0 Å². The molecule has 0 heterocycles. The first kappa shape index (κ1) is 26.7. The Morgan fingerprint density at radius 1 is 1.09 bits per heavy atom. The van der Waals surface area contributed by atoms with Gasteiger partial charge in [0.1, 0.15) is 11.4 Å². The van der Waals surface area contributed by atoms with E-state index in [-0.39, 0.29) is 30.0 Å². The van der Waals surface area contributed by atoms with E-state index in [0.717, 1.165) is 10.0 Å². The van der Waals surface area contributed by atoms with E-state index in [1.54, 1.807) is 19.1 Å². The number of carbonyl (C=O) groups is 2. The molecule has 0 aliphatic heterocycles. The number of benzene rings is 2. The van der Waals surface area contributed by atoms with Gasteiger partial charge in [0.15, 0.2) is 0 Å². The van der Waals surface area contributed by atoms with Crippen LogP contribution in [0.15, 0.2) is 46.9 Å². The second-order valence-electron chi connectivity index (χ2n) is 8.86. The molecule has 2 rings (SSSR count). The van der Waals surface area contributed by atoms with Gasteiger partial charge >= 0.3 is 12.1 Å². The molecule has 0 saturated heterocycles. The van der Waals surface area contributed by atoms with E-state index in [1.165, 1.54) is 11.6 Å². The fraction of sp³-hybridized carbons (Fsp3) is 0.462. The molecule has 1 amide bonds. The van der Waals surface area contributed by atoms with Crippen molar-refractivity contribution in [2.75, 3.05) is 11.9 Å². The third-order valence-corrected chi connectivity index (χ3v) is 6.00. The lowest BCUT2D eigenvalue weighted by Gasteiger charge is -2.28. The number of halogens is 1. The lowest BCUT2D eigenvalue weighted by atomic mass is 9.89. The van der Waals surface area contributed by atoms with Crippen LogP contribution in [-0.2, 0) is 14.3 Å². The van der Waals surface area contributed by atoms with Crippen LogP contribution in [0.25, 0.3) is 0 Å². The van der Waals surface area contributed by atoms with Crippen LogP contribution in [0.4, 0.5) is 10.5 Å². The van der Waals surface area contributed by atoms with E-state index >= 15 is 0 Å². The van der Waals surface area contributed by atoms with Crippen molar-refractivity contribution in [1.82, 2.24) is 0 Å². The highest BCUT2D eigenvalue weighted by Crippen LogP contribution is 2.32. The van der Waals surface area contributed by atoms with Crippen LogP contribution in [0.5, 0.6) is 5.75 Å². The Morgan fingerprint density at radius 3 is 2.36 bits per heavy atom. The second-order valence-corrected chi connectivity index (χ2v) is 9.77. The molecule has 180 valence electrons. The van der Waals surface area contributed by atoms with Crippen molar-refractivity contribution in [3.63, 3.8) is 0 Å². The molecule has 0 aliphatic rings. The summed E-state index contributed by atoms with van der Waals surface area (Å²) in [4.78, 5) is 24.5. The number of hydrogen-bond acceptors (Lipinski definition) is 5. The molecule has 0 fully saturated rings. The Kier molecular flexibility index (Phi) is 9.77. The van der Waals surface area contributed by atoms with Crippen LogP contribution < -0.4 is 5.32 Å². The van der Waals surface area contributed by atoms with Crippen molar-refractivity contribution in [3.05, 3.63) is 58.1 Å². The molecule has 1 unspecified atom stereocenters. The van der Waals surface area contributed by atoms with E-state index in [9.17, 15) is 14.7 Å². The molecule has 0 radical (unpaired) electrons. The third-order valence-electron chi connectivity index (χ3n) is 5.47. The van der Waals surface area contributed by atoms with Crippen molar-refractivity contribution < 1.29 is 24.2 Å². The molecular weight excluding hydrogens is 486 g/mol. The highest BCUT2D eigenvalue weighted by Gasteiger charge is 2.27. The Balaban J connectivity index is 2.04. The minimum atomic E-state index is -0.702. The fourth-order valence-corrected chi connectivity index (χ4v) is 4.21. The lowest BCUT2D eigenvalue weighted by molar-refractivity contribution is -0.143. The average Bonchev–Trinajstić information content (AvgIpc) is 2.71. The van der Waals surface area contributed by atoms with E-state index in [2.05, 4.69) is 40.3 Å².